The van der Waals surface area contributed by atoms with Crippen LogP contribution in [0.1, 0.15) is 24.2 Å². The molecule has 0 bridgehead atoms. The molecule has 0 aliphatic carbocycles. The minimum Gasteiger partial charge on any atom is -0.507 e. The maximum atomic E-state index is 13.1. The third-order valence-corrected chi connectivity index (χ3v) is 2.69. The van der Waals surface area contributed by atoms with E-state index >= 15 is 0 Å². The summed E-state index contributed by atoms with van der Waals surface area (Å²) in [6.07, 6.45) is 0. The van der Waals surface area contributed by atoms with Gasteiger partial charge in [0.15, 0.2) is 5.78 Å². The second kappa shape index (κ2) is 6.29. The van der Waals surface area contributed by atoms with Crippen molar-refractivity contribution in [3.05, 3.63) is 29.6 Å². The summed E-state index contributed by atoms with van der Waals surface area (Å²) >= 11 is 0. The summed E-state index contributed by atoms with van der Waals surface area (Å²) in [6.45, 7) is 3.43. The number of Topliss-reactive ketones (excluding diaryl/α,β-unsaturated/α-hetero) is 1. The van der Waals surface area contributed by atoms with Crippen LogP contribution in [0.25, 0.3) is 0 Å². The van der Waals surface area contributed by atoms with E-state index in [4.69, 9.17) is 5.73 Å². The van der Waals surface area contributed by atoms with E-state index in [0.29, 0.717) is 0 Å². The Morgan fingerprint density at radius 3 is 2.53 bits per heavy atom. The van der Waals surface area contributed by atoms with Crippen molar-refractivity contribution in [3.63, 3.8) is 0 Å². The lowest BCUT2D eigenvalue weighted by atomic mass is 10.1. The molecule has 0 atom stereocenters. The van der Waals surface area contributed by atoms with Crippen LogP contribution in [0.2, 0.25) is 0 Å². The summed E-state index contributed by atoms with van der Waals surface area (Å²) in [5.41, 5.74) is 5.00. The van der Waals surface area contributed by atoms with Gasteiger partial charge in [-0.25, -0.2) is 4.39 Å². The maximum Gasteiger partial charge on any atom is 0.231 e. The smallest absolute Gasteiger partial charge is 0.231 e. The van der Waals surface area contributed by atoms with Gasteiger partial charge in [0.1, 0.15) is 11.6 Å². The van der Waals surface area contributed by atoms with Gasteiger partial charge < -0.3 is 10.8 Å². The van der Waals surface area contributed by atoms with E-state index in [1.807, 2.05) is 13.8 Å². The van der Waals surface area contributed by atoms with Gasteiger partial charge in [0.25, 0.3) is 0 Å². The van der Waals surface area contributed by atoms with Gasteiger partial charge in [-0.2, -0.15) is 0 Å². The minimum absolute atomic E-state index is 0.0700. The molecular formula is C13H17FN2O3. The Morgan fingerprint density at radius 1 is 1.37 bits per heavy atom. The van der Waals surface area contributed by atoms with Gasteiger partial charge in [-0.05, 0) is 32.0 Å². The Balaban J connectivity index is 2.87. The molecule has 0 aliphatic heterocycles. The van der Waals surface area contributed by atoms with Gasteiger partial charge in [-0.15, -0.1) is 0 Å². The SMILES string of the molecule is CC(C)N(CC(N)=O)CC(=O)c1cc(F)ccc1O. The third kappa shape index (κ3) is 4.33. The number of phenols is 1. The number of ketones is 1. The zero-order valence-electron chi connectivity index (χ0n) is 10.9. The van der Waals surface area contributed by atoms with Crippen molar-refractivity contribution in [3.8, 4) is 5.75 Å². The van der Waals surface area contributed by atoms with Crippen LogP contribution in [0.3, 0.4) is 0 Å². The van der Waals surface area contributed by atoms with Gasteiger partial charge in [0.05, 0.1) is 18.7 Å². The van der Waals surface area contributed by atoms with Crippen LogP contribution < -0.4 is 5.73 Å². The highest BCUT2D eigenvalue weighted by molar-refractivity contribution is 6.00. The highest BCUT2D eigenvalue weighted by Crippen LogP contribution is 2.19. The molecule has 0 unspecified atom stereocenters. The molecule has 0 spiro atoms. The second-order valence-electron chi connectivity index (χ2n) is 4.55. The molecule has 0 saturated carbocycles. The number of hydrogen-bond donors (Lipinski definition) is 2. The van der Waals surface area contributed by atoms with Crippen molar-refractivity contribution >= 4 is 11.7 Å². The average molecular weight is 268 g/mol. The molecule has 0 fully saturated rings. The number of benzene rings is 1. The summed E-state index contributed by atoms with van der Waals surface area (Å²) in [7, 11) is 0. The Labute approximate surface area is 110 Å². The standard InChI is InChI=1S/C13H17FN2O3/c1-8(2)16(7-13(15)19)6-12(18)10-5-9(14)3-4-11(10)17/h3-5,8,17H,6-7H2,1-2H3,(H2,15,19). The van der Waals surface area contributed by atoms with Crippen LogP contribution in [-0.2, 0) is 4.79 Å². The molecule has 5 nitrogen and oxygen atoms in total. The van der Waals surface area contributed by atoms with Crippen molar-refractivity contribution in [1.29, 1.82) is 0 Å². The van der Waals surface area contributed by atoms with Crippen molar-refractivity contribution in [1.82, 2.24) is 4.90 Å². The number of hydrogen-bond acceptors (Lipinski definition) is 4. The zero-order valence-corrected chi connectivity index (χ0v) is 10.9. The van der Waals surface area contributed by atoms with Gasteiger partial charge in [0.2, 0.25) is 5.91 Å². The molecule has 0 aromatic heterocycles. The topological polar surface area (TPSA) is 83.6 Å². The van der Waals surface area contributed by atoms with Gasteiger partial charge in [-0.1, -0.05) is 0 Å². The maximum absolute atomic E-state index is 13.1. The number of nitrogens with two attached hydrogens (primary N) is 1. The van der Waals surface area contributed by atoms with Crippen LogP contribution in [0.15, 0.2) is 18.2 Å². The highest BCUT2D eigenvalue weighted by atomic mass is 19.1. The second-order valence-corrected chi connectivity index (χ2v) is 4.55. The molecule has 19 heavy (non-hydrogen) atoms. The van der Waals surface area contributed by atoms with Gasteiger partial charge in [-0.3, -0.25) is 14.5 Å². The van der Waals surface area contributed by atoms with E-state index in [1.165, 1.54) is 0 Å². The molecule has 0 radical (unpaired) electrons. The van der Waals surface area contributed by atoms with E-state index in [1.54, 1.807) is 4.90 Å². The van der Waals surface area contributed by atoms with E-state index in [9.17, 15) is 19.1 Å². The van der Waals surface area contributed by atoms with Crippen molar-refractivity contribution in [2.75, 3.05) is 13.1 Å². The fourth-order valence-electron chi connectivity index (χ4n) is 1.62. The number of rotatable bonds is 6. The third-order valence-electron chi connectivity index (χ3n) is 2.69. The highest BCUT2D eigenvalue weighted by Gasteiger charge is 2.19. The molecule has 1 amide bonds. The van der Waals surface area contributed by atoms with Crippen LogP contribution in [0.5, 0.6) is 5.75 Å². The molecule has 1 rings (SSSR count). The molecule has 0 aliphatic rings. The first-order valence-corrected chi connectivity index (χ1v) is 5.85. The number of primary amides is 1. The number of phenolic OH excluding ortho intramolecular Hbond substituents is 1. The number of carbonyl (C=O) groups excluding carboxylic acids is 2. The largest absolute Gasteiger partial charge is 0.507 e. The zero-order chi connectivity index (χ0) is 14.6. The van der Waals surface area contributed by atoms with Gasteiger partial charge >= 0.3 is 0 Å². The molecular weight excluding hydrogens is 251 g/mol. The van der Waals surface area contributed by atoms with Crippen LogP contribution >= 0.6 is 0 Å². The number of amides is 1. The van der Waals surface area contributed by atoms with Gasteiger partial charge in [0, 0.05) is 6.04 Å². The lowest BCUT2D eigenvalue weighted by molar-refractivity contribution is -0.119. The number of carbonyl (C=O) groups is 2. The first kappa shape index (κ1) is 15.1. The van der Waals surface area contributed by atoms with Crippen LogP contribution in [-0.4, -0.2) is 40.8 Å². The summed E-state index contributed by atoms with van der Waals surface area (Å²) in [5, 5.41) is 9.54. The fraction of sp³-hybridized carbons (Fsp3) is 0.385. The number of aromatic hydroxyl groups is 1. The van der Waals surface area contributed by atoms with E-state index in [-0.39, 0.29) is 30.4 Å². The van der Waals surface area contributed by atoms with Crippen molar-refractivity contribution < 1.29 is 19.1 Å². The fourth-order valence-corrected chi connectivity index (χ4v) is 1.62. The summed E-state index contributed by atoms with van der Waals surface area (Å²) in [5.74, 6) is -1.90. The Hall–Kier alpha value is -1.95. The Bertz CT molecular complexity index is 489. The van der Waals surface area contributed by atoms with Crippen LogP contribution in [0.4, 0.5) is 4.39 Å². The molecule has 1 aromatic rings. The molecule has 0 saturated heterocycles. The van der Waals surface area contributed by atoms with E-state index < -0.39 is 17.5 Å². The first-order chi connectivity index (χ1) is 8.81. The lowest BCUT2D eigenvalue weighted by Gasteiger charge is -2.24. The quantitative estimate of drug-likeness (QED) is 0.751. The summed E-state index contributed by atoms with van der Waals surface area (Å²) in [4.78, 5) is 24.5. The van der Waals surface area contributed by atoms with Crippen molar-refractivity contribution in [2.24, 2.45) is 5.73 Å². The van der Waals surface area contributed by atoms with Crippen LogP contribution in [0, 0.1) is 5.82 Å². The number of nitrogens with zero attached hydrogens (tertiary/aromatic N) is 1. The monoisotopic (exact) mass is 268 g/mol. The first-order valence-electron chi connectivity index (χ1n) is 5.85. The minimum atomic E-state index is -0.604. The molecule has 104 valence electrons. The number of halogens is 1. The normalized spacial score (nSPS) is 11.0. The summed E-state index contributed by atoms with van der Waals surface area (Å²) < 4.78 is 13.1. The molecule has 3 N–H and O–H groups in total. The molecule has 0 heterocycles. The molecule has 6 heteroatoms. The van der Waals surface area contributed by atoms with Crippen molar-refractivity contribution in [2.45, 2.75) is 19.9 Å². The van der Waals surface area contributed by atoms with E-state index in [0.717, 1.165) is 18.2 Å². The predicted molar refractivity (Wildman–Crippen MR) is 68.3 cm³/mol. The summed E-state index contributed by atoms with van der Waals surface area (Å²) in [6, 6.07) is 3.08. The lowest BCUT2D eigenvalue weighted by Crippen LogP contribution is -2.41. The molecule has 1 aromatic carbocycles. The average Bonchev–Trinajstić information content (AvgIpc) is 2.30. The Kier molecular flexibility index (Phi) is 5.00. The van der Waals surface area contributed by atoms with E-state index in [2.05, 4.69) is 0 Å². The predicted octanol–water partition coefficient (Wildman–Crippen LogP) is 0.910. The Morgan fingerprint density at radius 2 is 2.00 bits per heavy atom.